The first-order chi connectivity index (χ1) is 15.4. The Kier molecular flexibility index (Phi) is 6.61. The van der Waals surface area contributed by atoms with Crippen LogP contribution >= 0.6 is 11.8 Å². The SMILES string of the molecule is CC(=O)Nc1ccc(Sc2nc(Nc3cc(C)[nH]n3)c(C)c(N3CCOCC3C)n2)cc1. The van der Waals surface area contributed by atoms with Gasteiger partial charge in [0.1, 0.15) is 11.6 Å². The molecule has 9 nitrogen and oxygen atoms in total. The minimum absolute atomic E-state index is 0.0964. The van der Waals surface area contributed by atoms with Crippen molar-refractivity contribution in [2.45, 2.75) is 43.8 Å². The molecular weight excluding hydrogens is 426 g/mol. The molecule has 10 heteroatoms. The number of aromatic amines is 1. The second-order valence-corrected chi connectivity index (χ2v) is 8.83. The Labute approximate surface area is 191 Å². The van der Waals surface area contributed by atoms with Gasteiger partial charge in [-0.25, -0.2) is 9.97 Å². The topological polar surface area (TPSA) is 108 Å². The number of aryl methyl sites for hydroxylation is 1. The number of anilines is 4. The van der Waals surface area contributed by atoms with E-state index in [9.17, 15) is 4.79 Å². The van der Waals surface area contributed by atoms with E-state index < -0.39 is 0 Å². The number of ether oxygens (including phenoxy) is 1. The van der Waals surface area contributed by atoms with E-state index in [2.05, 4.69) is 32.7 Å². The Morgan fingerprint density at radius 1 is 1.25 bits per heavy atom. The highest BCUT2D eigenvalue weighted by Crippen LogP contribution is 2.33. The molecule has 1 atom stereocenters. The zero-order chi connectivity index (χ0) is 22.7. The quantitative estimate of drug-likeness (QED) is 0.483. The maximum Gasteiger partial charge on any atom is 0.221 e. The lowest BCUT2D eigenvalue weighted by atomic mass is 10.2. The zero-order valence-corrected chi connectivity index (χ0v) is 19.4. The molecule has 0 aliphatic carbocycles. The van der Waals surface area contributed by atoms with Crippen molar-refractivity contribution in [1.82, 2.24) is 20.2 Å². The molecule has 1 fully saturated rings. The summed E-state index contributed by atoms with van der Waals surface area (Å²) in [5, 5.41) is 14.0. The number of hydrogen-bond donors (Lipinski definition) is 3. The van der Waals surface area contributed by atoms with Crippen molar-refractivity contribution in [3.8, 4) is 0 Å². The van der Waals surface area contributed by atoms with Crippen LogP contribution in [0.15, 0.2) is 40.4 Å². The van der Waals surface area contributed by atoms with E-state index in [1.807, 2.05) is 44.2 Å². The Balaban J connectivity index is 1.66. The van der Waals surface area contributed by atoms with Crippen molar-refractivity contribution < 1.29 is 9.53 Å². The fourth-order valence-electron chi connectivity index (χ4n) is 3.49. The third-order valence-corrected chi connectivity index (χ3v) is 5.95. The van der Waals surface area contributed by atoms with Gasteiger partial charge >= 0.3 is 0 Å². The lowest BCUT2D eigenvalue weighted by Crippen LogP contribution is -2.44. The molecule has 0 spiro atoms. The largest absolute Gasteiger partial charge is 0.377 e. The van der Waals surface area contributed by atoms with Crippen LogP contribution in [-0.2, 0) is 9.53 Å². The number of carbonyl (C=O) groups excluding carboxylic acids is 1. The third kappa shape index (κ3) is 5.20. The lowest BCUT2D eigenvalue weighted by Gasteiger charge is -2.35. The van der Waals surface area contributed by atoms with Crippen molar-refractivity contribution in [1.29, 1.82) is 0 Å². The molecule has 3 aromatic rings. The van der Waals surface area contributed by atoms with Gasteiger partial charge in [-0.05, 0) is 56.8 Å². The van der Waals surface area contributed by atoms with Gasteiger partial charge < -0.3 is 20.3 Å². The average molecular weight is 454 g/mol. The van der Waals surface area contributed by atoms with Crippen LogP contribution in [0.25, 0.3) is 0 Å². The fraction of sp³-hybridized carbons (Fsp3) is 0.364. The number of amides is 1. The van der Waals surface area contributed by atoms with Crippen LogP contribution in [-0.4, -0.2) is 51.9 Å². The number of H-pyrrole nitrogens is 1. The van der Waals surface area contributed by atoms with Crippen molar-refractivity contribution >= 4 is 40.8 Å². The van der Waals surface area contributed by atoms with E-state index in [1.54, 1.807) is 0 Å². The standard InChI is InChI=1S/C22H27N7O2S/c1-13-11-19(28-27-13)24-20-15(3)21(29-9-10-31-12-14(29)2)26-22(25-20)32-18-7-5-17(6-8-18)23-16(4)30/h5-8,11,14H,9-10,12H2,1-4H3,(H,23,30)(H2,24,25,26,27,28). The summed E-state index contributed by atoms with van der Waals surface area (Å²) in [7, 11) is 0. The molecule has 1 unspecified atom stereocenters. The van der Waals surface area contributed by atoms with Gasteiger partial charge in [0.05, 0.1) is 19.3 Å². The monoisotopic (exact) mass is 453 g/mol. The van der Waals surface area contributed by atoms with Crippen LogP contribution in [0.1, 0.15) is 25.1 Å². The van der Waals surface area contributed by atoms with E-state index >= 15 is 0 Å². The summed E-state index contributed by atoms with van der Waals surface area (Å²) in [4.78, 5) is 24.2. The molecule has 1 saturated heterocycles. The molecule has 168 valence electrons. The number of morpholine rings is 1. The average Bonchev–Trinajstić information content (AvgIpc) is 3.16. The summed E-state index contributed by atoms with van der Waals surface area (Å²) < 4.78 is 5.62. The summed E-state index contributed by atoms with van der Waals surface area (Å²) >= 11 is 1.47. The Hall–Kier alpha value is -3.11. The van der Waals surface area contributed by atoms with Crippen molar-refractivity contribution in [2.24, 2.45) is 0 Å². The maximum absolute atomic E-state index is 11.3. The van der Waals surface area contributed by atoms with E-state index in [1.165, 1.54) is 18.7 Å². The zero-order valence-electron chi connectivity index (χ0n) is 18.6. The molecule has 3 heterocycles. The summed E-state index contributed by atoms with van der Waals surface area (Å²) in [5.41, 5.74) is 2.69. The Bertz CT molecular complexity index is 1100. The normalized spacial score (nSPS) is 16.1. The minimum atomic E-state index is -0.0964. The van der Waals surface area contributed by atoms with Gasteiger partial charge in [0, 0.05) is 41.4 Å². The predicted molar refractivity (Wildman–Crippen MR) is 126 cm³/mol. The van der Waals surface area contributed by atoms with Gasteiger partial charge in [0.25, 0.3) is 0 Å². The molecule has 0 saturated carbocycles. The smallest absolute Gasteiger partial charge is 0.221 e. The van der Waals surface area contributed by atoms with Crippen LogP contribution in [0.5, 0.6) is 0 Å². The number of carbonyl (C=O) groups is 1. The predicted octanol–water partition coefficient (Wildman–Crippen LogP) is 3.89. The van der Waals surface area contributed by atoms with Crippen LogP contribution in [0.2, 0.25) is 0 Å². The fourth-order valence-corrected chi connectivity index (χ4v) is 4.24. The Morgan fingerprint density at radius 2 is 2.03 bits per heavy atom. The van der Waals surface area contributed by atoms with Gasteiger partial charge in [-0.1, -0.05) is 0 Å². The van der Waals surface area contributed by atoms with Gasteiger partial charge in [-0.3, -0.25) is 9.89 Å². The third-order valence-electron chi connectivity index (χ3n) is 5.08. The second-order valence-electron chi connectivity index (χ2n) is 7.79. The number of nitrogens with zero attached hydrogens (tertiary/aromatic N) is 4. The van der Waals surface area contributed by atoms with Gasteiger partial charge in [0.2, 0.25) is 5.91 Å². The summed E-state index contributed by atoms with van der Waals surface area (Å²) in [6.45, 7) is 9.72. The van der Waals surface area contributed by atoms with E-state index in [0.717, 1.165) is 40.0 Å². The molecule has 1 aliphatic rings. The van der Waals surface area contributed by atoms with Crippen molar-refractivity contribution in [2.75, 3.05) is 35.3 Å². The molecule has 0 radical (unpaired) electrons. The van der Waals surface area contributed by atoms with E-state index in [4.69, 9.17) is 14.7 Å². The van der Waals surface area contributed by atoms with Gasteiger partial charge in [-0.15, -0.1) is 0 Å². The summed E-state index contributed by atoms with van der Waals surface area (Å²) in [5.74, 6) is 2.22. The first kappa shape index (κ1) is 22.1. The minimum Gasteiger partial charge on any atom is -0.377 e. The molecule has 2 aromatic heterocycles. The molecule has 32 heavy (non-hydrogen) atoms. The van der Waals surface area contributed by atoms with Crippen LogP contribution < -0.4 is 15.5 Å². The Morgan fingerprint density at radius 3 is 2.69 bits per heavy atom. The number of rotatable bonds is 6. The molecule has 1 aliphatic heterocycles. The first-order valence-electron chi connectivity index (χ1n) is 10.5. The molecular formula is C22H27N7O2S. The van der Waals surface area contributed by atoms with Crippen molar-refractivity contribution in [3.63, 3.8) is 0 Å². The van der Waals surface area contributed by atoms with E-state index in [-0.39, 0.29) is 11.9 Å². The van der Waals surface area contributed by atoms with Crippen molar-refractivity contribution in [3.05, 3.63) is 41.6 Å². The van der Waals surface area contributed by atoms with Gasteiger partial charge in [-0.2, -0.15) is 5.10 Å². The first-order valence-corrected chi connectivity index (χ1v) is 11.3. The molecule has 1 aromatic carbocycles. The van der Waals surface area contributed by atoms with Crippen LogP contribution in [0, 0.1) is 13.8 Å². The number of nitrogens with one attached hydrogen (secondary N) is 3. The second kappa shape index (κ2) is 9.58. The maximum atomic E-state index is 11.3. The number of benzene rings is 1. The van der Waals surface area contributed by atoms with E-state index in [0.29, 0.717) is 24.2 Å². The highest BCUT2D eigenvalue weighted by atomic mass is 32.2. The number of hydrogen-bond acceptors (Lipinski definition) is 8. The molecule has 4 rings (SSSR count). The van der Waals surface area contributed by atoms with Gasteiger partial charge in [0.15, 0.2) is 11.0 Å². The summed E-state index contributed by atoms with van der Waals surface area (Å²) in [6, 6.07) is 9.78. The molecule has 3 N–H and O–H groups in total. The number of aromatic nitrogens is 4. The highest BCUT2D eigenvalue weighted by Gasteiger charge is 2.24. The molecule has 0 bridgehead atoms. The highest BCUT2D eigenvalue weighted by molar-refractivity contribution is 7.99. The van der Waals surface area contributed by atoms with Crippen LogP contribution in [0.4, 0.5) is 23.1 Å². The summed E-state index contributed by atoms with van der Waals surface area (Å²) in [6.07, 6.45) is 0. The molecule has 1 amide bonds. The lowest BCUT2D eigenvalue weighted by molar-refractivity contribution is -0.114. The van der Waals surface area contributed by atoms with Crippen LogP contribution in [0.3, 0.4) is 0 Å².